The first-order valence-electron chi connectivity index (χ1n) is 9.65. The van der Waals surface area contributed by atoms with Crippen molar-refractivity contribution in [2.75, 3.05) is 0 Å². The lowest BCUT2D eigenvalue weighted by atomic mass is 10.0. The summed E-state index contributed by atoms with van der Waals surface area (Å²) in [6.07, 6.45) is -1.06. The smallest absolute Gasteiger partial charge is 0.408 e. The zero-order valence-electron chi connectivity index (χ0n) is 17.5. The number of amides is 1. The van der Waals surface area contributed by atoms with Crippen LogP contribution in [0, 0.1) is 17.5 Å². The summed E-state index contributed by atoms with van der Waals surface area (Å²) in [5.74, 6) is -2.79. The Balaban J connectivity index is 2.47. The van der Waals surface area contributed by atoms with Crippen LogP contribution in [0.3, 0.4) is 0 Å². The highest BCUT2D eigenvalue weighted by Crippen LogP contribution is 2.32. The lowest BCUT2D eigenvalue weighted by molar-refractivity contribution is 0.0646. The van der Waals surface area contributed by atoms with Gasteiger partial charge in [-0.1, -0.05) is 13.0 Å². The summed E-state index contributed by atoms with van der Waals surface area (Å²) in [7, 11) is 0. The van der Waals surface area contributed by atoms with E-state index in [2.05, 4.69) is 4.98 Å². The van der Waals surface area contributed by atoms with Crippen LogP contribution < -0.4 is 5.56 Å². The number of rotatable bonds is 4. The fraction of sp³-hybridized carbons (Fsp3) is 0.318. The molecule has 0 spiro atoms. The Bertz CT molecular complexity index is 1200. The van der Waals surface area contributed by atoms with Crippen molar-refractivity contribution in [1.29, 1.82) is 0 Å². The second kappa shape index (κ2) is 8.05. The summed E-state index contributed by atoms with van der Waals surface area (Å²) in [5, 5.41) is 9.52. The predicted molar refractivity (Wildman–Crippen MR) is 110 cm³/mol. The summed E-state index contributed by atoms with van der Waals surface area (Å²) in [6, 6.07) is 5.39. The lowest BCUT2D eigenvalue weighted by Crippen LogP contribution is -2.48. The summed E-state index contributed by atoms with van der Waals surface area (Å²) in [4.78, 5) is 30.9. The Hall–Kier alpha value is -3.36. The molecule has 6 nitrogen and oxygen atoms in total. The molecule has 0 saturated heterocycles. The standard InChI is InChI=1S/C22H22F3N3O3/c1-5-17(28(21(30)31)22(2,3)4)19-26-16-8-6-7-15(25)18(16)20(29)27(19)14-10-12(23)9-13(24)11-14/h6-11,17H,5H2,1-4H3,(H,30,31). The fourth-order valence-corrected chi connectivity index (χ4v) is 3.72. The van der Waals surface area contributed by atoms with Crippen LogP contribution >= 0.6 is 0 Å². The second-order valence-electron chi connectivity index (χ2n) is 8.12. The van der Waals surface area contributed by atoms with Gasteiger partial charge in [0.2, 0.25) is 0 Å². The third-order valence-corrected chi connectivity index (χ3v) is 4.90. The van der Waals surface area contributed by atoms with E-state index in [1.165, 1.54) is 12.1 Å². The molecule has 31 heavy (non-hydrogen) atoms. The van der Waals surface area contributed by atoms with E-state index >= 15 is 0 Å². The van der Waals surface area contributed by atoms with Crippen LogP contribution in [0.25, 0.3) is 16.6 Å². The summed E-state index contributed by atoms with van der Waals surface area (Å²) in [5.41, 5.74) is -1.97. The van der Waals surface area contributed by atoms with E-state index < -0.39 is 40.7 Å². The van der Waals surface area contributed by atoms with Crippen LogP contribution in [-0.2, 0) is 0 Å². The SMILES string of the molecule is CCC(c1nc2cccc(F)c2c(=O)n1-c1cc(F)cc(F)c1)N(C(=O)O)C(C)(C)C. The number of carboxylic acid groups (broad SMARTS) is 1. The highest BCUT2D eigenvalue weighted by Gasteiger charge is 2.36. The number of benzene rings is 2. The molecular formula is C22H22F3N3O3. The van der Waals surface area contributed by atoms with Gasteiger partial charge in [-0.2, -0.15) is 0 Å². The first-order chi connectivity index (χ1) is 14.5. The number of fused-ring (bicyclic) bond motifs is 1. The highest BCUT2D eigenvalue weighted by molar-refractivity contribution is 5.79. The van der Waals surface area contributed by atoms with Crippen molar-refractivity contribution in [1.82, 2.24) is 14.5 Å². The van der Waals surface area contributed by atoms with Gasteiger partial charge in [-0.25, -0.2) is 22.9 Å². The first kappa shape index (κ1) is 22.3. The monoisotopic (exact) mass is 433 g/mol. The molecule has 0 saturated carbocycles. The van der Waals surface area contributed by atoms with E-state index in [4.69, 9.17) is 0 Å². The van der Waals surface area contributed by atoms with E-state index in [1.807, 2.05) is 0 Å². The van der Waals surface area contributed by atoms with Crippen molar-refractivity contribution in [3.8, 4) is 5.69 Å². The van der Waals surface area contributed by atoms with Crippen LogP contribution in [0.5, 0.6) is 0 Å². The molecule has 1 unspecified atom stereocenters. The lowest BCUT2D eigenvalue weighted by Gasteiger charge is -2.39. The first-order valence-corrected chi connectivity index (χ1v) is 9.65. The van der Waals surface area contributed by atoms with Crippen LogP contribution in [0.2, 0.25) is 0 Å². The van der Waals surface area contributed by atoms with E-state index in [-0.39, 0.29) is 28.8 Å². The van der Waals surface area contributed by atoms with Crippen molar-refractivity contribution in [2.24, 2.45) is 0 Å². The van der Waals surface area contributed by atoms with Gasteiger partial charge in [-0.15, -0.1) is 0 Å². The fourth-order valence-electron chi connectivity index (χ4n) is 3.72. The van der Waals surface area contributed by atoms with Crippen LogP contribution in [0.4, 0.5) is 18.0 Å². The maximum Gasteiger partial charge on any atom is 0.408 e. The van der Waals surface area contributed by atoms with Gasteiger partial charge >= 0.3 is 6.09 Å². The zero-order valence-corrected chi connectivity index (χ0v) is 17.5. The molecule has 1 heterocycles. The van der Waals surface area contributed by atoms with E-state index in [0.29, 0.717) is 6.07 Å². The molecule has 0 aliphatic carbocycles. The number of halogens is 3. The number of nitrogens with zero attached hydrogens (tertiary/aromatic N) is 3. The summed E-state index contributed by atoms with van der Waals surface area (Å²) >= 11 is 0. The minimum Gasteiger partial charge on any atom is -0.465 e. The Kier molecular flexibility index (Phi) is 5.80. The molecule has 3 rings (SSSR count). The van der Waals surface area contributed by atoms with E-state index in [9.17, 15) is 27.9 Å². The van der Waals surface area contributed by atoms with Crippen molar-refractivity contribution in [3.05, 3.63) is 70.0 Å². The van der Waals surface area contributed by atoms with Crippen LogP contribution in [0.15, 0.2) is 41.2 Å². The number of carbonyl (C=O) groups is 1. The molecule has 1 N–H and O–H groups in total. The molecule has 0 aliphatic rings. The van der Waals surface area contributed by atoms with Crippen molar-refractivity contribution < 1.29 is 23.1 Å². The Morgan fingerprint density at radius 2 is 1.77 bits per heavy atom. The number of hydrogen-bond acceptors (Lipinski definition) is 3. The van der Waals surface area contributed by atoms with E-state index in [1.54, 1.807) is 27.7 Å². The number of aromatic nitrogens is 2. The molecule has 164 valence electrons. The predicted octanol–water partition coefficient (Wildman–Crippen LogP) is 5.03. The van der Waals surface area contributed by atoms with Crippen LogP contribution in [0.1, 0.15) is 46.0 Å². The Morgan fingerprint density at radius 1 is 1.16 bits per heavy atom. The molecule has 1 atom stereocenters. The minimum atomic E-state index is -1.26. The maximum absolute atomic E-state index is 14.5. The largest absolute Gasteiger partial charge is 0.465 e. The molecule has 1 amide bonds. The van der Waals surface area contributed by atoms with Gasteiger partial charge in [0.1, 0.15) is 28.7 Å². The van der Waals surface area contributed by atoms with Crippen LogP contribution in [-0.4, -0.2) is 31.2 Å². The van der Waals surface area contributed by atoms with Crippen molar-refractivity contribution in [3.63, 3.8) is 0 Å². The van der Waals surface area contributed by atoms with Gasteiger partial charge in [0, 0.05) is 11.6 Å². The van der Waals surface area contributed by atoms with Gasteiger partial charge in [0.15, 0.2) is 0 Å². The molecule has 0 bridgehead atoms. The van der Waals surface area contributed by atoms with Gasteiger partial charge in [0.05, 0.1) is 17.2 Å². The molecule has 3 aromatic rings. The van der Waals surface area contributed by atoms with Gasteiger partial charge in [-0.3, -0.25) is 14.3 Å². The zero-order chi connectivity index (χ0) is 23.1. The molecule has 0 fully saturated rings. The maximum atomic E-state index is 14.5. The normalized spacial score (nSPS) is 12.7. The van der Waals surface area contributed by atoms with Gasteiger partial charge in [-0.05, 0) is 51.5 Å². The third kappa shape index (κ3) is 4.12. The molecule has 2 aromatic carbocycles. The topological polar surface area (TPSA) is 75.4 Å². The van der Waals surface area contributed by atoms with Crippen molar-refractivity contribution in [2.45, 2.75) is 45.7 Å². The quantitative estimate of drug-likeness (QED) is 0.626. The molecular weight excluding hydrogens is 411 g/mol. The summed E-state index contributed by atoms with van der Waals surface area (Å²) < 4.78 is 43.3. The Labute approximate surface area is 176 Å². The minimum absolute atomic E-state index is 0.0193. The second-order valence-corrected chi connectivity index (χ2v) is 8.12. The number of hydrogen-bond donors (Lipinski definition) is 1. The summed E-state index contributed by atoms with van der Waals surface area (Å²) in [6.45, 7) is 6.73. The third-order valence-electron chi connectivity index (χ3n) is 4.90. The Morgan fingerprint density at radius 3 is 2.29 bits per heavy atom. The average molecular weight is 433 g/mol. The molecule has 0 radical (unpaired) electrons. The van der Waals surface area contributed by atoms with Crippen molar-refractivity contribution >= 4 is 17.0 Å². The average Bonchev–Trinajstić information content (AvgIpc) is 2.63. The molecule has 1 aromatic heterocycles. The van der Waals surface area contributed by atoms with Gasteiger partial charge < -0.3 is 5.11 Å². The molecule has 9 heteroatoms. The van der Waals surface area contributed by atoms with E-state index in [0.717, 1.165) is 27.7 Å². The molecule has 0 aliphatic heterocycles. The highest BCUT2D eigenvalue weighted by atomic mass is 19.1. The van der Waals surface area contributed by atoms with Gasteiger partial charge in [0.25, 0.3) is 5.56 Å².